The number of hydrogen-bond acceptors (Lipinski definition) is 2. The monoisotopic (exact) mass is 320 g/mol. The van der Waals surface area contributed by atoms with Gasteiger partial charge in [-0.25, -0.2) is 0 Å². The van der Waals surface area contributed by atoms with Crippen LogP contribution in [-0.2, 0) is 17.6 Å². The lowest BCUT2D eigenvalue weighted by molar-refractivity contribution is -0.118. The highest BCUT2D eigenvalue weighted by Gasteiger charge is 2.34. The van der Waals surface area contributed by atoms with E-state index >= 15 is 0 Å². The first kappa shape index (κ1) is 15.4. The molecule has 0 bridgehead atoms. The Morgan fingerprint density at radius 3 is 2.42 bits per heavy atom. The van der Waals surface area contributed by atoms with Gasteiger partial charge in [-0.2, -0.15) is 0 Å². The Balaban J connectivity index is 1.34. The second-order valence-electron chi connectivity index (χ2n) is 6.88. The summed E-state index contributed by atoms with van der Waals surface area (Å²) in [6.07, 6.45) is 3.84. The minimum Gasteiger partial charge on any atom is -0.309 e. The summed E-state index contributed by atoms with van der Waals surface area (Å²) >= 11 is 0. The molecular formula is C21H24N2O. The summed E-state index contributed by atoms with van der Waals surface area (Å²) in [6.45, 7) is 3.29. The van der Waals surface area contributed by atoms with E-state index in [9.17, 15) is 4.79 Å². The minimum atomic E-state index is 0.277. The molecule has 0 aliphatic carbocycles. The number of nitrogens with zero attached hydrogens (tertiary/aromatic N) is 2. The highest BCUT2D eigenvalue weighted by Crippen LogP contribution is 2.33. The molecule has 1 amide bonds. The number of rotatable bonds is 4. The van der Waals surface area contributed by atoms with Crippen LogP contribution in [0.15, 0.2) is 54.6 Å². The summed E-state index contributed by atoms with van der Waals surface area (Å²) < 4.78 is 0. The molecule has 0 aromatic heterocycles. The van der Waals surface area contributed by atoms with Crippen molar-refractivity contribution in [2.75, 3.05) is 24.5 Å². The van der Waals surface area contributed by atoms with Crippen LogP contribution in [0.4, 0.5) is 5.69 Å². The zero-order chi connectivity index (χ0) is 16.4. The molecule has 1 saturated heterocycles. The SMILES string of the molecule is O=C1Cc2ccccc2N1C1CCN(CCc2ccccc2)CC1. The molecule has 2 aromatic carbocycles. The number of benzene rings is 2. The first-order valence-electron chi connectivity index (χ1n) is 8.97. The molecule has 0 atom stereocenters. The van der Waals surface area contributed by atoms with Crippen LogP contribution in [0.5, 0.6) is 0 Å². The Hall–Kier alpha value is -2.13. The van der Waals surface area contributed by atoms with Crippen LogP contribution < -0.4 is 4.90 Å². The minimum absolute atomic E-state index is 0.277. The van der Waals surface area contributed by atoms with Crippen LogP contribution in [0, 0.1) is 0 Å². The third-order valence-corrected chi connectivity index (χ3v) is 5.34. The first-order chi connectivity index (χ1) is 11.8. The lowest BCUT2D eigenvalue weighted by Gasteiger charge is -2.37. The van der Waals surface area contributed by atoms with Gasteiger partial charge in [0, 0.05) is 31.4 Å². The molecule has 0 saturated carbocycles. The molecule has 3 heteroatoms. The van der Waals surface area contributed by atoms with Gasteiger partial charge in [0.1, 0.15) is 0 Å². The molecule has 0 unspecified atom stereocenters. The molecule has 4 rings (SSSR count). The predicted molar refractivity (Wildman–Crippen MR) is 97.2 cm³/mol. The second kappa shape index (κ2) is 6.78. The highest BCUT2D eigenvalue weighted by atomic mass is 16.2. The van der Waals surface area contributed by atoms with Crippen molar-refractivity contribution < 1.29 is 4.79 Å². The van der Waals surface area contributed by atoms with E-state index in [0.29, 0.717) is 12.5 Å². The number of piperidine rings is 1. The van der Waals surface area contributed by atoms with Crippen molar-refractivity contribution in [3.05, 3.63) is 65.7 Å². The number of likely N-dealkylation sites (tertiary alicyclic amines) is 1. The summed E-state index contributed by atoms with van der Waals surface area (Å²) in [6, 6.07) is 19.3. The van der Waals surface area contributed by atoms with Gasteiger partial charge in [0.15, 0.2) is 0 Å². The number of hydrogen-bond donors (Lipinski definition) is 0. The molecule has 2 aromatic rings. The summed E-state index contributed by atoms with van der Waals surface area (Å²) in [7, 11) is 0. The molecule has 0 spiro atoms. The second-order valence-corrected chi connectivity index (χ2v) is 6.88. The van der Waals surface area contributed by atoms with E-state index < -0.39 is 0 Å². The molecule has 0 radical (unpaired) electrons. The fourth-order valence-corrected chi connectivity index (χ4v) is 4.01. The Kier molecular flexibility index (Phi) is 4.35. The molecule has 2 aliphatic heterocycles. The maximum atomic E-state index is 12.4. The standard InChI is InChI=1S/C21H24N2O/c24-21-16-18-8-4-5-9-20(18)23(21)19-11-14-22(15-12-19)13-10-17-6-2-1-3-7-17/h1-9,19H,10-16H2. The summed E-state index contributed by atoms with van der Waals surface area (Å²) in [5, 5.41) is 0. The average Bonchev–Trinajstić information content (AvgIpc) is 2.97. The van der Waals surface area contributed by atoms with Crippen LogP contribution in [0.25, 0.3) is 0 Å². The van der Waals surface area contributed by atoms with Gasteiger partial charge in [0.25, 0.3) is 0 Å². The fraction of sp³-hybridized carbons (Fsp3) is 0.381. The van der Waals surface area contributed by atoms with Crippen LogP contribution in [0.2, 0.25) is 0 Å². The van der Waals surface area contributed by atoms with E-state index in [4.69, 9.17) is 0 Å². The zero-order valence-electron chi connectivity index (χ0n) is 14.0. The van der Waals surface area contributed by atoms with Crippen molar-refractivity contribution in [1.29, 1.82) is 0 Å². The van der Waals surface area contributed by atoms with Crippen molar-refractivity contribution >= 4 is 11.6 Å². The lowest BCUT2D eigenvalue weighted by Crippen LogP contribution is -2.46. The van der Waals surface area contributed by atoms with Crippen LogP contribution in [-0.4, -0.2) is 36.5 Å². The van der Waals surface area contributed by atoms with E-state index in [1.807, 2.05) is 12.1 Å². The van der Waals surface area contributed by atoms with Gasteiger partial charge in [-0.1, -0.05) is 48.5 Å². The van der Waals surface area contributed by atoms with E-state index in [0.717, 1.165) is 44.6 Å². The zero-order valence-corrected chi connectivity index (χ0v) is 14.0. The average molecular weight is 320 g/mol. The third-order valence-electron chi connectivity index (χ3n) is 5.34. The van der Waals surface area contributed by atoms with E-state index in [1.54, 1.807) is 0 Å². The van der Waals surface area contributed by atoms with Gasteiger partial charge in [-0.05, 0) is 36.5 Å². The van der Waals surface area contributed by atoms with Crippen LogP contribution in [0.3, 0.4) is 0 Å². The van der Waals surface area contributed by atoms with Gasteiger partial charge in [-0.15, -0.1) is 0 Å². The van der Waals surface area contributed by atoms with Gasteiger partial charge in [-0.3, -0.25) is 4.79 Å². The van der Waals surface area contributed by atoms with Crippen molar-refractivity contribution in [3.63, 3.8) is 0 Å². The number of fused-ring (bicyclic) bond motifs is 1. The molecule has 24 heavy (non-hydrogen) atoms. The fourth-order valence-electron chi connectivity index (χ4n) is 4.01. The number of carbonyl (C=O) groups is 1. The van der Waals surface area contributed by atoms with Crippen molar-refractivity contribution in [1.82, 2.24) is 4.90 Å². The van der Waals surface area contributed by atoms with Crippen LogP contribution in [0.1, 0.15) is 24.0 Å². The normalized spacial score (nSPS) is 18.8. The third kappa shape index (κ3) is 3.09. The number of carbonyl (C=O) groups excluding carboxylic acids is 1. The van der Waals surface area contributed by atoms with Crippen molar-refractivity contribution in [3.8, 4) is 0 Å². The van der Waals surface area contributed by atoms with Gasteiger partial charge >= 0.3 is 0 Å². The number of anilines is 1. The van der Waals surface area contributed by atoms with Gasteiger partial charge < -0.3 is 9.80 Å². The van der Waals surface area contributed by atoms with Crippen molar-refractivity contribution in [2.45, 2.75) is 31.7 Å². The number of amides is 1. The molecule has 3 nitrogen and oxygen atoms in total. The molecule has 0 N–H and O–H groups in total. The van der Waals surface area contributed by atoms with E-state index in [2.05, 4.69) is 52.3 Å². The first-order valence-corrected chi connectivity index (χ1v) is 8.97. The largest absolute Gasteiger partial charge is 0.309 e. The van der Waals surface area contributed by atoms with E-state index in [1.165, 1.54) is 11.1 Å². The Labute approximate surface area is 143 Å². The summed E-state index contributed by atoms with van der Waals surface area (Å²) in [5.41, 5.74) is 3.74. The Morgan fingerprint density at radius 2 is 1.62 bits per heavy atom. The Bertz CT molecular complexity index is 705. The number of para-hydroxylation sites is 1. The molecule has 1 fully saturated rings. The van der Waals surface area contributed by atoms with Gasteiger partial charge in [0.2, 0.25) is 5.91 Å². The maximum Gasteiger partial charge on any atom is 0.231 e. The maximum absolute atomic E-state index is 12.4. The van der Waals surface area contributed by atoms with Gasteiger partial charge in [0.05, 0.1) is 6.42 Å². The summed E-state index contributed by atoms with van der Waals surface area (Å²) in [4.78, 5) is 17.0. The van der Waals surface area contributed by atoms with E-state index in [-0.39, 0.29) is 5.91 Å². The molecule has 2 heterocycles. The van der Waals surface area contributed by atoms with Crippen LogP contribution >= 0.6 is 0 Å². The predicted octanol–water partition coefficient (Wildman–Crippen LogP) is 3.28. The molecule has 124 valence electrons. The highest BCUT2D eigenvalue weighted by molar-refractivity contribution is 6.01. The smallest absolute Gasteiger partial charge is 0.231 e. The van der Waals surface area contributed by atoms with Crippen molar-refractivity contribution in [2.24, 2.45) is 0 Å². The quantitative estimate of drug-likeness (QED) is 0.863. The molecule has 2 aliphatic rings. The Morgan fingerprint density at radius 1 is 0.917 bits per heavy atom. The lowest BCUT2D eigenvalue weighted by atomic mass is 10.0. The molecular weight excluding hydrogens is 296 g/mol. The summed E-state index contributed by atoms with van der Waals surface area (Å²) in [5.74, 6) is 0.277. The topological polar surface area (TPSA) is 23.6 Å².